The lowest BCUT2D eigenvalue weighted by Crippen LogP contribution is -2.27. The molecular weight excluding hydrogens is 513 g/mol. The summed E-state index contributed by atoms with van der Waals surface area (Å²) >= 11 is 12.7. The fourth-order valence-electron chi connectivity index (χ4n) is 3.00. The van der Waals surface area contributed by atoms with Crippen LogP contribution in [0.2, 0.25) is 5.02 Å². The molecule has 0 unspecified atom stereocenters. The number of likely N-dealkylation sites (N-methyl/N-ethyl adjacent to an activating group) is 1. The summed E-state index contributed by atoms with van der Waals surface area (Å²) < 4.78 is 49.8. The third kappa shape index (κ3) is 6.02. The Labute approximate surface area is 208 Å². The van der Waals surface area contributed by atoms with E-state index in [-0.39, 0.29) is 28.1 Å². The van der Waals surface area contributed by atoms with Gasteiger partial charge in [-0.2, -0.15) is 13.2 Å². The van der Waals surface area contributed by atoms with Crippen molar-refractivity contribution in [2.45, 2.75) is 13.1 Å². The number of alkyl halides is 3. The van der Waals surface area contributed by atoms with Crippen molar-refractivity contribution >= 4 is 63.5 Å². The van der Waals surface area contributed by atoms with Gasteiger partial charge in [-0.15, -0.1) is 0 Å². The Morgan fingerprint density at radius 2 is 2.03 bits per heavy atom. The van der Waals surface area contributed by atoms with Crippen LogP contribution in [-0.4, -0.2) is 41.3 Å². The lowest BCUT2D eigenvalue weighted by Gasteiger charge is -2.14. The van der Waals surface area contributed by atoms with E-state index in [1.807, 2.05) is 6.92 Å². The number of hydrogen-bond donors (Lipinski definition) is 1. The van der Waals surface area contributed by atoms with Crippen LogP contribution >= 0.6 is 35.6 Å². The zero-order valence-corrected chi connectivity index (χ0v) is 20.3. The van der Waals surface area contributed by atoms with Crippen molar-refractivity contribution in [1.82, 2.24) is 4.90 Å². The fraction of sp³-hybridized carbons (Fsp3) is 0.227. The third-order valence-electron chi connectivity index (χ3n) is 4.56. The van der Waals surface area contributed by atoms with Crippen molar-refractivity contribution in [3.63, 3.8) is 0 Å². The average Bonchev–Trinajstić information content (AvgIpc) is 3.04. The highest BCUT2D eigenvalue weighted by Gasteiger charge is 2.31. The van der Waals surface area contributed by atoms with Gasteiger partial charge in [0.15, 0.2) is 18.1 Å². The van der Waals surface area contributed by atoms with Gasteiger partial charge in [-0.3, -0.25) is 14.5 Å². The van der Waals surface area contributed by atoms with E-state index in [0.29, 0.717) is 21.3 Å². The number of amides is 2. The number of nitrogens with zero attached hydrogens (tertiary/aromatic N) is 1. The average molecular weight is 531 g/mol. The zero-order chi connectivity index (χ0) is 25.0. The zero-order valence-electron chi connectivity index (χ0n) is 17.9. The third-order valence-corrected chi connectivity index (χ3v) is 6.22. The van der Waals surface area contributed by atoms with Crippen molar-refractivity contribution in [3.05, 3.63) is 57.5 Å². The van der Waals surface area contributed by atoms with E-state index < -0.39 is 24.3 Å². The largest absolute Gasteiger partial charge is 0.493 e. The molecule has 1 aliphatic rings. The van der Waals surface area contributed by atoms with E-state index in [9.17, 15) is 22.8 Å². The molecule has 34 heavy (non-hydrogen) atoms. The first-order chi connectivity index (χ1) is 16.0. The van der Waals surface area contributed by atoms with E-state index in [1.54, 1.807) is 12.1 Å². The summed E-state index contributed by atoms with van der Waals surface area (Å²) in [6, 6.07) is 7.34. The normalized spacial score (nSPS) is 15.1. The second kappa shape index (κ2) is 10.7. The minimum Gasteiger partial charge on any atom is -0.493 e. The summed E-state index contributed by atoms with van der Waals surface area (Å²) in [5, 5.41) is 2.46. The molecule has 0 spiro atoms. The number of thiocarbonyl (C=S) groups is 1. The van der Waals surface area contributed by atoms with E-state index in [0.717, 1.165) is 12.1 Å². The molecule has 1 N–H and O–H groups in total. The Bertz CT molecular complexity index is 1170. The number of hydrogen-bond acceptors (Lipinski definition) is 6. The number of halogens is 4. The van der Waals surface area contributed by atoms with Crippen molar-refractivity contribution < 1.29 is 32.2 Å². The second-order valence-corrected chi connectivity index (χ2v) is 8.96. The number of carbonyl (C=O) groups is 2. The molecule has 1 aliphatic heterocycles. The van der Waals surface area contributed by atoms with E-state index in [2.05, 4.69) is 5.32 Å². The molecule has 3 rings (SSSR count). The highest BCUT2D eigenvalue weighted by Crippen LogP contribution is 2.39. The molecule has 0 atom stereocenters. The minimum atomic E-state index is -4.53. The summed E-state index contributed by atoms with van der Waals surface area (Å²) in [6.07, 6.45) is -2.91. The maximum absolute atomic E-state index is 12.8. The predicted octanol–water partition coefficient (Wildman–Crippen LogP) is 5.61. The first-order valence-electron chi connectivity index (χ1n) is 9.76. The lowest BCUT2D eigenvalue weighted by atomic mass is 10.1. The van der Waals surface area contributed by atoms with Crippen LogP contribution in [0.4, 0.5) is 18.9 Å². The summed E-state index contributed by atoms with van der Waals surface area (Å²) in [7, 11) is 1.38. The molecule has 2 aromatic carbocycles. The van der Waals surface area contributed by atoms with Gasteiger partial charge in [0, 0.05) is 12.2 Å². The molecule has 0 aliphatic carbocycles. The molecule has 0 bridgehead atoms. The van der Waals surface area contributed by atoms with Gasteiger partial charge < -0.3 is 14.8 Å². The molecule has 1 fully saturated rings. The monoisotopic (exact) mass is 530 g/mol. The van der Waals surface area contributed by atoms with Crippen molar-refractivity contribution in [2.24, 2.45) is 0 Å². The van der Waals surface area contributed by atoms with Crippen molar-refractivity contribution in [3.8, 4) is 11.5 Å². The van der Waals surface area contributed by atoms with Crippen LogP contribution in [0.15, 0.2) is 41.3 Å². The summed E-state index contributed by atoms with van der Waals surface area (Å²) in [6.45, 7) is 1.76. The molecule has 1 saturated heterocycles. The molecule has 12 heteroatoms. The van der Waals surface area contributed by atoms with Crippen LogP contribution in [0.1, 0.15) is 18.1 Å². The fourth-order valence-corrected chi connectivity index (χ4v) is 4.65. The molecule has 1 heterocycles. The molecular formula is C22H18ClF3N2O4S2. The number of ether oxygens (including phenoxy) is 2. The van der Waals surface area contributed by atoms with Gasteiger partial charge in [0.25, 0.3) is 11.8 Å². The highest BCUT2D eigenvalue weighted by molar-refractivity contribution is 8.26. The Morgan fingerprint density at radius 1 is 1.29 bits per heavy atom. The molecule has 2 aromatic rings. The number of thioether (sulfide) groups is 1. The van der Waals surface area contributed by atoms with E-state index in [1.165, 1.54) is 42.0 Å². The summed E-state index contributed by atoms with van der Waals surface area (Å²) in [5.74, 6) is -0.623. The van der Waals surface area contributed by atoms with Gasteiger partial charge in [0.2, 0.25) is 0 Å². The SMILES string of the molecule is CCN1C(=O)/C(=C/c2cc(Cl)c(OCC(=O)Nc3cccc(C(F)(F)F)c3)c(OC)c2)SC1=S. The smallest absolute Gasteiger partial charge is 0.416 e. The second-order valence-electron chi connectivity index (χ2n) is 6.88. The van der Waals surface area contributed by atoms with Gasteiger partial charge in [-0.05, 0) is 48.9 Å². The summed E-state index contributed by atoms with van der Waals surface area (Å²) in [4.78, 5) is 26.5. The number of rotatable bonds is 7. The molecule has 180 valence electrons. The number of anilines is 1. The maximum Gasteiger partial charge on any atom is 0.416 e. The Kier molecular flexibility index (Phi) is 8.11. The summed E-state index contributed by atoms with van der Waals surface area (Å²) in [5.41, 5.74) is -0.359. The number of benzene rings is 2. The van der Waals surface area contributed by atoms with Crippen molar-refractivity contribution in [2.75, 3.05) is 25.6 Å². The first-order valence-corrected chi connectivity index (χ1v) is 11.4. The van der Waals surface area contributed by atoms with Gasteiger partial charge in [-0.25, -0.2) is 0 Å². The van der Waals surface area contributed by atoms with Crippen LogP contribution < -0.4 is 14.8 Å². The van der Waals surface area contributed by atoms with Crippen LogP contribution in [0.5, 0.6) is 11.5 Å². The van der Waals surface area contributed by atoms with Gasteiger partial charge >= 0.3 is 6.18 Å². The quantitative estimate of drug-likeness (QED) is 0.371. The molecule has 6 nitrogen and oxygen atoms in total. The Morgan fingerprint density at radius 3 is 2.65 bits per heavy atom. The minimum absolute atomic E-state index is 0.0266. The number of carbonyl (C=O) groups excluding carboxylic acids is 2. The number of nitrogens with one attached hydrogen (secondary N) is 1. The first kappa shape index (κ1) is 25.9. The van der Waals surface area contributed by atoms with Gasteiger partial charge in [0.05, 0.1) is 22.6 Å². The maximum atomic E-state index is 12.8. The predicted molar refractivity (Wildman–Crippen MR) is 129 cm³/mol. The van der Waals surface area contributed by atoms with Gasteiger partial charge in [0.1, 0.15) is 4.32 Å². The lowest BCUT2D eigenvalue weighted by molar-refractivity contribution is -0.137. The Balaban J connectivity index is 1.72. The number of methoxy groups -OCH3 is 1. The van der Waals surface area contributed by atoms with Crippen LogP contribution in [0.25, 0.3) is 6.08 Å². The highest BCUT2D eigenvalue weighted by atomic mass is 35.5. The topological polar surface area (TPSA) is 67.9 Å². The Hall–Kier alpha value is -2.76. The standard InChI is InChI=1S/C22H18ClF3N2O4S2/c1-3-28-20(30)17(34-21(28)33)9-12-7-15(23)19(16(8-12)31-2)32-11-18(29)27-14-6-4-5-13(10-14)22(24,25)26/h4-10H,3,11H2,1-2H3,(H,27,29)/b17-9-. The molecule has 2 amide bonds. The van der Waals surface area contributed by atoms with Crippen molar-refractivity contribution in [1.29, 1.82) is 0 Å². The van der Waals surface area contributed by atoms with E-state index >= 15 is 0 Å². The van der Waals surface area contributed by atoms with E-state index in [4.69, 9.17) is 33.3 Å². The van der Waals surface area contributed by atoms with Crippen LogP contribution in [-0.2, 0) is 15.8 Å². The van der Waals surface area contributed by atoms with Gasteiger partial charge in [-0.1, -0.05) is 41.6 Å². The molecule has 0 radical (unpaired) electrons. The molecule has 0 aromatic heterocycles. The van der Waals surface area contributed by atoms with Crippen LogP contribution in [0, 0.1) is 0 Å². The van der Waals surface area contributed by atoms with Crippen LogP contribution in [0.3, 0.4) is 0 Å². The molecule has 0 saturated carbocycles.